The van der Waals surface area contributed by atoms with Crippen LogP contribution in [0, 0.1) is 12.7 Å². The van der Waals surface area contributed by atoms with Gasteiger partial charge in [-0.05, 0) is 61.6 Å². The van der Waals surface area contributed by atoms with Crippen LogP contribution in [0.15, 0.2) is 42.5 Å². The van der Waals surface area contributed by atoms with E-state index in [0.717, 1.165) is 48.2 Å². The first kappa shape index (κ1) is 20.4. The molecule has 3 nitrogen and oxygen atoms in total. The van der Waals surface area contributed by atoms with Crippen molar-refractivity contribution in [1.29, 1.82) is 0 Å². The van der Waals surface area contributed by atoms with Gasteiger partial charge >= 0.3 is 0 Å². The summed E-state index contributed by atoms with van der Waals surface area (Å²) in [7, 11) is 0. The van der Waals surface area contributed by atoms with Gasteiger partial charge in [-0.1, -0.05) is 44.4 Å². The monoisotopic (exact) mass is 382 g/mol. The lowest BCUT2D eigenvalue weighted by Crippen LogP contribution is -2.42. The van der Waals surface area contributed by atoms with E-state index in [1.165, 1.54) is 31.4 Å². The Bertz CT molecular complexity index is 799. The molecule has 0 aromatic heterocycles. The Morgan fingerprint density at radius 2 is 1.93 bits per heavy atom. The molecule has 0 bridgehead atoms. The van der Waals surface area contributed by atoms with Crippen molar-refractivity contribution in [3.05, 3.63) is 65.0 Å². The molecule has 1 aliphatic rings. The van der Waals surface area contributed by atoms with E-state index in [1.807, 2.05) is 31.2 Å². The number of carbonyl (C=O) groups is 1. The number of amides is 1. The topological polar surface area (TPSA) is 32.3 Å². The van der Waals surface area contributed by atoms with Gasteiger partial charge in [-0.2, -0.15) is 0 Å². The van der Waals surface area contributed by atoms with E-state index in [9.17, 15) is 9.18 Å². The number of aryl methyl sites for hydroxylation is 1. The standard InChI is InChI=1S/C24H31FN2O/c1-3-14-27(22-10-5-4-6-11-22)24(28)20-9-7-8-19(15-20)17-26-23-16-21(25)13-12-18(23)2/h7-9,12-13,15-16,22,26H,3-6,10-11,14,17H2,1-2H3. The normalized spacial score (nSPS) is 14.7. The van der Waals surface area contributed by atoms with Gasteiger partial charge in [0.05, 0.1) is 0 Å². The molecular formula is C24H31FN2O. The van der Waals surface area contributed by atoms with Gasteiger partial charge in [0, 0.05) is 30.4 Å². The third-order valence-electron chi connectivity index (χ3n) is 5.60. The molecule has 3 rings (SSSR count). The third kappa shape index (κ3) is 5.12. The van der Waals surface area contributed by atoms with Crippen molar-refractivity contribution in [3.63, 3.8) is 0 Å². The highest BCUT2D eigenvalue weighted by Gasteiger charge is 2.25. The molecule has 2 aromatic rings. The maximum Gasteiger partial charge on any atom is 0.254 e. The molecule has 1 saturated carbocycles. The average molecular weight is 383 g/mol. The number of nitrogens with one attached hydrogen (secondary N) is 1. The van der Waals surface area contributed by atoms with Crippen LogP contribution in [0.25, 0.3) is 0 Å². The molecule has 1 fully saturated rings. The van der Waals surface area contributed by atoms with Crippen LogP contribution in [-0.4, -0.2) is 23.4 Å². The van der Waals surface area contributed by atoms with E-state index in [2.05, 4.69) is 17.1 Å². The van der Waals surface area contributed by atoms with Crippen LogP contribution in [0.5, 0.6) is 0 Å². The van der Waals surface area contributed by atoms with Crippen molar-refractivity contribution in [1.82, 2.24) is 4.90 Å². The van der Waals surface area contributed by atoms with Gasteiger partial charge in [0.2, 0.25) is 0 Å². The predicted molar refractivity (Wildman–Crippen MR) is 113 cm³/mol. The average Bonchev–Trinajstić information content (AvgIpc) is 2.73. The first-order valence-electron chi connectivity index (χ1n) is 10.5. The molecule has 1 N–H and O–H groups in total. The maximum absolute atomic E-state index is 13.5. The highest BCUT2D eigenvalue weighted by Crippen LogP contribution is 2.25. The Kier molecular flexibility index (Phi) is 7.07. The fourth-order valence-electron chi connectivity index (χ4n) is 4.05. The summed E-state index contributed by atoms with van der Waals surface area (Å²) in [6.45, 7) is 5.45. The van der Waals surface area contributed by atoms with E-state index >= 15 is 0 Å². The highest BCUT2D eigenvalue weighted by atomic mass is 19.1. The quantitative estimate of drug-likeness (QED) is 0.643. The van der Waals surface area contributed by atoms with Gasteiger partial charge < -0.3 is 10.2 Å². The summed E-state index contributed by atoms with van der Waals surface area (Å²) in [6, 6.07) is 12.9. The summed E-state index contributed by atoms with van der Waals surface area (Å²) in [5, 5.41) is 3.29. The molecular weight excluding hydrogens is 351 g/mol. The Labute approximate surface area is 167 Å². The second-order valence-corrected chi connectivity index (χ2v) is 7.80. The van der Waals surface area contributed by atoms with E-state index in [4.69, 9.17) is 0 Å². The summed E-state index contributed by atoms with van der Waals surface area (Å²) in [6.07, 6.45) is 6.93. The van der Waals surface area contributed by atoms with Gasteiger partial charge in [-0.15, -0.1) is 0 Å². The molecule has 2 aromatic carbocycles. The van der Waals surface area contributed by atoms with E-state index < -0.39 is 0 Å². The Morgan fingerprint density at radius 1 is 1.14 bits per heavy atom. The van der Waals surface area contributed by atoms with E-state index in [-0.39, 0.29) is 11.7 Å². The van der Waals surface area contributed by atoms with Crippen LogP contribution in [0.1, 0.15) is 66.9 Å². The third-order valence-corrected chi connectivity index (χ3v) is 5.60. The Morgan fingerprint density at radius 3 is 2.68 bits per heavy atom. The molecule has 150 valence electrons. The molecule has 1 amide bonds. The predicted octanol–water partition coefficient (Wildman–Crippen LogP) is 5.93. The van der Waals surface area contributed by atoms with Crippen molar-refractivity contribution < 1.29 is 9.18 Å². The van der Waals surface area contributed by atoms with Gasteiger partial charge in [0.25, 0.3) is 5.91 Å². The van der Waals surface area contributed by atoms with Crippen molar-refractivity contribution in [2.24, 2.45) is 0 Å². The lowest BCUT2D eigenvalue weighted by molar-refractivity contribution is 0.0634. The van der Waals surface area contributed by atoms with Crippen LogP contribution < -0.4 is 5.32 Å². The number of hydrogen-bond acceptors (Lipinski definition) is 2. The molecule has 1 aliphatic carbocycles. The highest BCUT2D eigenvalue weighted by molar-refractivity contribution is 5.94. The minimum Gasteiger partial charge on any atom is -0.381 e. The van der Waals surface area contributed by atoms with Crippen molar-refractivity contribution in [3.8, 4) is 0 Å². The minimum absolute atomic E-state index is 0.137. The van der Waals surface area contributed by atoms with Gasteiger partial charge in [-0.3, -0.25) is 4.79 Å². The molecule has 0 atom stereocenters. The van der Waals surface area contributed by atoms with Crippen molar-refractivity contribution >= 4 is 11.6 Å². The van der Waals surface area contributed by atoms with Crippen molar-refractivity contribution in [2.75, 3.05) is 11.9 Å². The first-order valence-corrected chi connectivity index (χ1v) is 10.5. The summed E-state index contributed by atoms with van der Waals surface area (Å²) < 4.78 is 13.5. The second kappa shape index (κ2) is 9.72. The summed E-state index contributed by atoms with van der Waals surface area (Å²) in [5.41, 5.74) is 3.55. The number of anilines is 1. The molecule has 0 radical (unpaired) electrons. The first-order chi connectivity index (χ1) is 13.6. The largest absolute Gasteiger partial charge is 0.381 e. The lowest BCUT2D eigenvalue weighted by Gasteiger charge is -2.34. The zero-order valence-electron chi connectivity index (χ0n) is 17.0. The molecule has 28 heavy (non-hydrogen) atoms. The van der Waals surface area contributed by atoms with Crippen LogP contribution in [0.2, 0.25) is 0 Å². The molecule has 0 heterocycles. The molecule has 0 aliphatic heterocycles. The number of hydrogen-bond donors (Lipinski definition) is 1. The molecule has 0 spiro atoms. The summed E-state index contributed by atoms with van der Waals surface area (Å²) >= 11 is 0. The summed E-state index contributed by atoms with van der Waals surface area (Å²) in [4.78, 5) is 15.3. The number of nitrogens with zero attached hydrogens (tertiary/aromatic N) is 1. The van der Waals surface area contributed by atoms with Crippen LogP contribution in [-0.2, 0) is 6.54 Å². The number of carbonyl (C=O) groups excluding carboxylic acids is 1. The van der Waals surface area contributed by atoms with E-state index in [1.54, 1.807) is 6.07 Å². The maximum atomic E-state index is 13.5. The van der Waals surface area contributed by atoms with Gasteiger partial charge in [-0.25, -0.2) is 4.39 Å². The zero-order valence-corrected chi connectivity index (χ0v) is 17.0. The van der Waals surface area contributed by atoms with Crippen LogP contribution in [0.3, 0.4) is 0 Å². The number of rotatable bonds is 7. The fourth-order valence-corrected chi connectivity index (χ4v) is 4.05. The fraction of sp³-hybridized carbons (Fsp3) is 0.458. The molecule has 4 heteroatoms. The Balaban J connectivity index is 1.71. The lowest BCUT2D eigenvalue weighted by atomic mass is 9.93. The second-order valence-electron chi connectivity index (χ2n) is 7.80. The molecule has 0 saturated heterocycles. The van der Waals surface area contributed by atoms with Crippen LogP contribution >= 0.6 is 0 Å². The minimum atomic E-state index is -0.250. The zero-order chi connectivity index (χ0) is 19.9. The van der Waals surface area contributed by atoms with Gasteiger partial charge in [0.1, 0.15) is 5.82 Å². The molecule has 0 unspecified atom stereocenters. The number of halogens is 1. The van der Waals surface area contributed by atoms with Gasteiger partial charge in [0.15, 0.2) is 0 Å². The smallest absolute Gasteiger partial charge is 0.254 e. The van der Waals surface area contributed by atoms with Crippen molar-refractivity contribution in [2.45, 2.75) is 65.0 Å². The SMILES string of the molecule is CCCN(C(=O)c1cccc(CNc2cc(F)ccc2C)c1)C1CCCCC1. The Hall–Kier alpha value is -2.36. The summed E-state index contributed by atoms with van der Waals surface area (Å²) in [5.74, 6) is -0.114. The van der Waals surface area contributed by atoms with Crippen LogP contribution in [0.4, 0.5) is 10.1 Å². The van der Waals surface area contributed by atoms with E-state index in [0.29, 0.717) is 12.6 Å². The number of benzene rings is 2.